The number of nitrogens with two attached hydrogens (primary N) is 1. The molecule has 0 fully saturated rings. The third-order valence-electron chi connectivity index (χ3n) is 2.24. The van der Waals surface area contributed by atoms with Crippen LogP contribution in [-0.4, -0.2) is 32.0 Å². The summed E-state index contributed by atoms with van der Waals surface area (Å²) in [7, 11) is 0. The van der Waals surface area contributed by atoms with Gasteiger partial charge in [-0.25, -0.2) is 13.6 Å². The molecule has 118 valence electrons. The quantitative estimate of drug-likeness (QED) is 0.380. The van der Waals surface area contributed by atoms with Gasteiger partial charge in [-0.05, 0) is 6.07 Å². The maximum absolute atomic E-state index is 13.0. The number of rotatable bonds is 6. The first-order valence-electron chi connectivity index (χ1n) is 5.77. The Morgan fingerprint density at radius 2 is 1.76 bits per heavy atom. The van der Waals surface area contributed by atoms with Gasteiger partial charge in [0, 0.05) is 18.2 Å². The van der Waals surface area contributed by atoms with Gasteiger partial charge in [-0.2, -0.15) is 13.2 Å². The van der Waals surface area contributed by atoms with E-state index in [1.165, 1.54) is 0 Å². The molecular weight excluding hydrogens is 301 g/mol. The predicted molar refractivity (Wildman–Crippen MR) is 62.5 cm³/mol. The first-order chi connectivity index (χ1) is 9.70. The van der Waals surface area contributed by atoms with Crippen LogP contribution in [0.25, 0.3) is 0 Å². The Balaban J connectivity index is 2.36. The normalized spacial score (nSPS) is 11.5. The van der Waals surface area contributed by atoms with E-state index in [-0.39, 0.29) is 30.9 Å². The first kappa shape index (κ1) is 17.2. The summed E-state index contributed by atoms with van der Waals surface area (Å²) in [5, 5.41) is 0. The van der Waals surface area contributed by atoms with Crippen LogP contribution in [0.5, 0.6) is 0 Å². The zero-order chi connectivity index (χ0) is 16.0. The predicted octanol–water partition coefficient (Wildman–Crippen LogP) is 2.67. The third-order valence-corrected chi connectivity index (χ3v) is 2.24. The van der Waals surface area contributed by atoms with Gasteiger partial charge in [0.25, 0.3) is 0 Å². The molecule has 0 aliphatic heterocycles. The summed E-state index contributed by atoms with van der Waals surface area (Å²) in [5.74, 6) is -3.46. The molecule has 0 saturated carbocycles. The molecule has 0 atom stereocenters. The lowest BCUT2D eigenvalue weighted by molar-refractivity contribution is -0.174. The summed E-state index contributed by atoms with van der Waals surface area (Å²) in [6, 6.07) is 1.23. The van der Waals surface area contributed by atoms with Gasteiger partial charge >= 0.3 is 12.1 Å². The van der Waals surface area contributed by atoms with E-state index in [2.05, 4.69) is 9.47 Å². The van der Waals surface area contributed by atoms with Gasteiger partial charge in [0.2, 0.25) is 0 Å². The topological polar surface area (TPSA) is 61.6 Å². The lowest BCUT2D eigenvalue weighted by Crippen LogP contribution is -2.18. The van der Waals surface area contributed by atoms with Gasteiger partial charge in [0.05, 0.1) is 18.8 Å². The molecule has 0 heterocycles. The van der Waals surface area contributed by atoms with E-state index < -0.39 is 30.4 Å². The fourth-order valence-electron chi connectivity index (χ4n) is 1.33. The summed E-state index contributed by atoms with van der Waals surface area (Å²) in [6.07, 6.45) is -4.40. The van der Waals surface area contributed by atoms with E-state index in [4.69, 9.17) is 5.73 Å². The van der Waals surface area contributed by atoms with Crippen molar-refractivity contribution in [3.05, 3.63) is 29.3 Å². The summed E-state index contributed by atoms with van der Waals surface area (Å²) in [6.45, 7) is -1.90. The van der Waals surface area contributed by atoms with E-state index >= 15 is 0 Å². The highest BCUT2D eigenvalue weighted by molar-refractivity contribution is 5.95. The van der Waals surface area contributed by atoms with Crippen molar-refractivity contribution in [1.82, 2.24) is 0 Å². The Bertz CT molecular complexity index is 504. The summed E-state index contributed by atoms with van der Waals surface area (Å²) >= 11 is 0. The number of carbonyl (C=O) groups is 1. The van der Waals surface area contributed by atoms with Crippen LogP contribution < -0.4 is 5.73 Å². The van der Waals surface area contributed by atoms with E-state index in [1.54, 1.807) is 0 Å². The van der Waals surface area contributed by atoms with Gasteiger partial charge in [0.1, 0.15) is 6.61 Å². The molecular formula is C12H12F5NO3. The molecule has 1 rings (SSSR count). The van der Waals surface area contributed by atoms with E-state index in [1.807, 2.05) is 0 Å². The Hall–Kier alpha value is -1.90. The molecule has 21 heavy (non-hydrogen) atoms. The molecule has 0 aliphatic carbocycles. The van der Waals surface area contributed by atoms with Crippen molar-refractivity contribution in [3.8, 4) is 0 Å². The van der Waals surface area contributed by atoms with Crippen LogP contribution in [0.4, 0.5) is 27.6 Å². The van der Waals surface area contributed by atoms with Crippen molar-refractivity contribution in [1.29, 1.82) is 0 Å². The lowest BCUT2D eigenvalue weighted by atomic mass is 10.1. The van der Waals surface area contributed by atoms with Crippen LogP contribution >= 0.6 is 0 Å². The van der Waals surface area contributed by atoms with Crippen LogP contribution in [0, 0.1) is 11.6 Å². The van der Waals surface area contributed by atoms with Crippen molar-refractivity contribution in [2.45, 2.75) is 12.6 Å². The second-order valence-corrected chi connectivity index (χ2v) is 4.01. The van der Waals surface area contributed by atoms with Crippen molar-refractivity contribution >= 4 is 11.7 Å². The third kappa shape index (κ3) is 5.94. The fourth-order valence-corrected chi connectivity index (χ4v) is 1.33. The molecule has 0 radical (unpaired) electrons. The van der Waals surface area contributed by atoms with Gasteiger partial charge in [-0.3, -0.25) is 0 Å². The molecule has 0 aliphatic rings. The number of alkyl halides is 3. The summed E-state index contributed by atoms with van der Waals surface area (Å²) < 4.78 is 69.9. The Kier molecular flexibility index (Phi) is 5.89. The fraction of sp³-hybridized carbons (Fsp3) is 0.417. The van der Waals surface area contributed by atoms with Gasteiger partial charge in [0.15, 0.2) is 11.6 Å². The monoisotopic (exact) mass is 313 g/mol. The number of ether oxygens (including phenoxy) is 2. The number of benzene rings is 1. The average Bonchev–Trinajstić information content (AvgIpc) is 2.36. The minimum Gasteiger partial charge on any atom is -0.462 e. The molecule has 1 aromatic carbocycles. The number of hydrogen-bond donors (Lipinski definition) is 1. The van der Waals surface area contributed by atoms with Crippen LogP contribution in [0.1, 0.15) is 16.8 Å². The van der Waals surface area contributed by atoms with Crippen LogP contribution in [0.3, 0.4) is 0 Å². The highest BCUT2D eigenvalue weighted by Gasteiger charge is 2.27. The largest absolute Gasteiger partial charge is 0.462 e. The molecule has 2 N–H and O–H groups in total. The number of esters is 1. The van der Waals surface area contributed by atoms with Gasteiger partial charge in [-0.1, -0.05) is 0 Å². The standard InChI is InChI=1S/C12H12F5NO3/c13-8-4-7(10(18)5-9(8)14)11(19)21-3-1-2-20-6-12(15,16)17/h4-5H,1-3,6,18H2. The van der Waals surface area contributed by atoms with Crippen LogP contribution in [0.15, 0.2) is 12.1 Å². The molecule has 0 amide bonds. The summed E-state index contributed by atoms with van der Waals surface area (Å²) in [5.41, 5.74) is 4.68. The highest BCUT2D eigenvalue weighted by atomic mass is 19.4. The van der Waals surface area contributed by atoms with Crippen molar-refractivity contribution in [2.24, 2.45) is 0 Å². The average molecular weight is 313 g/mol. The summed E-state index contributed by atoms with van der Waals surface area (Å²) in [4.78, 5) is 11.5. The van der Waals surface area contributed by atoms with Crippen molar-refractivity contribution in [3.63, 3.8) is 0 Å². The van der Waals surface area contributed by atoms with E-state index in [0.717, 1.165) is 0 Å². The number of anilines is 1. The number of nitrogen functional groups attached to an aromatic ring is 1. The SMILES string of the molecule is Nc1cc(F)c(F)cc1C(=O)OCCCOCC(F)(F)F. The second kappa shape index (κ2) is 7.21. The molecule has 0 bridgehead atoms. The molecule has 1 aromatic rings. The number of halogens is 5. The van der Waals surface area contributed by atoms with Gasteiger partial charge < -0.3 is 15.2 Å². The number of hydrogen-bond acceptors (Lipinski definition) is 4. The maximum Gasteiger partial charge on any atom is 0.411 e. The molecule has 0 spiro atoms. The highest BCUT2D eigenvalue weighted by Crippen LogP contribution is 2.18. The molecule has 9 heteroatoms. The maximum atomic E-state index is 13.0. The zero-order valence-corrected chi connectivity index (χ0v) is 10.7. The number of carbonyl (C=O) groups excluding carboxylic acids is 1. The Morgan fingerprint density at radius 3 is 2.38 bits per heavy atom. The van der Waals surface area contributed by atoms with Crippen molar-refractivity contribution < 1.29 is 36.2 Å². The van der Waals surface area contributed by atoms with Crippen molar-refractivity contribution in [2.75, 3.05) is 25.6 Å². The van der Waals surface area contributed by atoms with Gasteiger partial charge in [-0.15, -0.1) is 0 Å². The molecule has 0 saturated heterocycles. The Morgan fingerprint density at radius 1 is 1.14 bits per heavy atom. The molecule has 0 unspecified atom stereocenters. The van der Waals surface area contributed by atoms with Crippen LogP contribution in [-0.2, 0) is 9.47 Å². The second-order valence-electron chi connectivity index (χ2n) is 4.01. The zero-order valence-electron chi connectivity index (χ0n) is 10.7. The molecule has 4 nitrogen and oxygen atoms in total. The van der Waals surface area contributed by atoms with Crippen LogP contribution in [0.2, 0.25) is 0 Å². The minimum atomic E-state index is -4.42. The minimum absolute atomic E-state index is 0.0192. The van der Waals surface area contributed by atoms with E-state index in [0.29, 0.717) is 12.1 Å². The first-order valence-corrected chi connectivity index (χ1v) is 5.77. The van der Waals surface area contributed by atoms with E-state index in [9.17, 15) is 26.7 Å². The lowest BCUT2D eigenvalue weighted by Gasteiger charge is -2.09. The molecule has 0 aromatic heterocycles. The smallest absolute Gasteiger partial charge is 0.411 e. The Labute approximate surface area is 116 Å².